The van der Waals surface area contributed by atoms with Gasteiger partial charge in [-0.3, -0.25) is 0 Å². The van der Waals surface area contributed by atoms with Gasteiger partial charge in [0, 0.05) is 5.56 Å². The third kappa shape index (κ3) is 3.96. The van der Waals surface area contributed by atoms with E-state index in [0.29, 0.717) is 35.1 Å². The normalized spacial score (nSPS) is 11.0. The maximum atomic E-state index is 14.5. The van der Waals surface area contributed by atoms with E-state index < -0.39 is 5.82 Å². The number of halogens is 1. The van der Waals surface area contributed by atoms with Gasteiger partial charge < -0.3 is 20.3 Å². The number of hydrogen-bond donors (Lipinski definition) is 2. The molecule has 0 aliphatic rings. The summed E-state index contributed by atoms with van der Waals surface area (Å²) in [5, 5.41) is 7.02. The molecular formula is C20H24FN5O2. The van der Waals surface area contributed by atoms with Crippen LogP contribution in [0.1, 0.15) is 23.4 Å². The first kappa shape index (κ1) is 19.8. The minimum atomic E-state index is -0.449. The van der Waals surface area contributed by atoms with Gasteiger partial charge in [-0.2, -0.15) is 0 Å². The number of benzene rings is 1. The number of ether oxygens (including phenoxy) is 1. The maximum absolute atomic E-state index is 14.5. The van der Waals surface area contributed by atoms with Gasteiger partial charge in [0.15, 0.2) is 5.82 Å². The van der Waals surface area contributed by atoms with Crippen LogP contribution in [-0.2, 0) is 0 Å². The Morgan fingerprint density at radius 3 is 2.68 bits per heavy atom. The van der Waals surface area contributed by atoms with Crippen molar-refractivity contribution < 1.29 is 13.7 Å². The van der Waals surface area contributed by atoms with E-state index in [1.807, 2.05) is 20.9 Å². The van der Waals surface area contributed by atoms with E-state index in [2.05, 4.69) is 20.4 Å². The van der Waals surface area contributed by atoms with Gasteiger partial charge in [0.1, 0.15) is 23.1 Å². The number of aromatic nitrogens is 3. The van der Waals surface area contributed by atoms with Gasteiger partial charge in [-0.1, -0.05) is 5.16 Å². The molecule has 0 bridgehead atoms. The molecule has 0 unspecified atom stereocenters. The lowest BCUT2D eigenvalue weighted by Gasteiger charge is -2.12. The number of nitrogens with zero attached hydrogens (tertiary/aromatic N) is 3. The molecule has 3 rings (SSSR count). The van der Waals surface area contributed by atoms with Crippen molar-refractivity contribution in [2.75, 3.05) is 25.9 Å². The monoisotopic (exact) mass is 385 g/mol. The Morgan fingerprint density at radius 2 is 2.00 bits per heavy atom. The molecule has 0 saturated heterocycles. The van der Waals surface area contributed by atoms with E-state index in [1.54, 1.807) is 19.1 Å². The second-order valence-corrected chi connectivity index (χ2v) is 6.55. The van der Waals surface area contributed by atoms with Crippen molar-refractivity contribution in [1.29, 1.82) is 0 Å². The van der Waals surface area contributed by atoms with Crippen molar-refractivity contribution in [1.82, 2.24) is 20.4 Å². The number of hydrogen-bond acceptors (Lipinski definition) is 7. The molecule has 7 nitrogen and oxygen atoms in total. The van der Waals surface area contributed by atoms with Crippen molar-refractivity contribution in [3.63, 3.8) is 0 Å². The van der Waals surface area contributed by atoms with Gasteiger partial charge in [0.2, 0.25) is 0 Å². The van der Waals surface area contributed by atoms with Crippen LogP contribution in [0.25, 0.3) is 22.6 Å². The lowest BCUT2D eigenvalue weighted by Crippen LogP contribution is -2.11. The Kier molecular flexibility index (Phi) is 5.89. The van der Waals surface area contributed by atoms with Gasteiger partial charge in [0.05, 0.1) is 29.1 Å². The highest BCUT2D eigenvalue weighted by Gasteiger charge is 2.20. The summed E-state index contributed by atoms with van der Waals surface area (Å²) in [5.74, 6) is 1.19. The van der Waals surface area contributed by atoms with Crippen molar-refractivity contribution >= 4 is 5.82 Å². The second-order valence-electron chi connectivity index (χ2n) is 6.55. The summed E-state index contributed by atoms with van der Waals surface area (Å²) in [6, 6.07) is 4.53. The van der Waals surface area contributed by atoms with E-state index in [-0.39, 0.29) is 17.2 Å². The first-order chi connectivity index (χ1) is 13.4. The Bertz CT molecular complexity index is 967. The summed E-state index contributed by atoms with van der Waals surface area (Å²) in [6.45, 7) is 6.80. The van der Waals surface area contributed by atoms with Crippen molar-refractivity contribution in [3.8, 4) is 28.4 Å². The van der Waals surface area contributed by atoms with Crippen LogP contribution in [0.5, 0.6) is 5.75 Å². The Labute approximate surface area is 163 Å². The van der Waals surface area contributed by atoms with Crippen LogP contribution in [0.3, 0.4) is 0 Å². The molecule has 1 aromatic carbocycles. The summed E-state index contributed by atoms with van der Waals surface area (Å²) in [4.78, 5) is 8.88. The average molecular weight is 385 g/mol. The molecule has 0 aliphatic carbocycles. The molecule has 2 heterocycles. The summed E-state index contributed by atoms with van der Waals surface area (Å²) >= 11 is 0. The van der Waals surface area contributed by atoms with Crippen molar-refractivity contribution in [2.24, 2.45) is 0 Å². The van der Waals surface area contributed by atoms with E-state index in [0.717, 1.165) is 18.5 Å². The van der Waals surface area contributed by atoms with Crippen molar-refractivity contribution in [3.05, 3.63) is 41.0 Å². The number of nitrogens with one attached hydrogen (secondary N) is 1. The Balaban J connectivity index is 2.02. The highest BCUT2D eigenvalue weighted by Crippen LogP contribution is 2.33. The molecule has 0 fully saturated rings. The van der Waals surface area contributed by atoms with E-state index in [9.17, 15) is 4.39 Å². The van der Waals surface area contributed by atoms with Gasteiger partial charge in [-0.25, -0.2) is 14.4 Å². The number of aryl methyl sites for hydroxylation is 2. The van der Waals surface area contributed by atoms with Gasteiger partial charge in [-0.05, 0) is 59.0 Å². The van der Waals surface area contributed by atoms with Gasteiger partial charge in [0.25, 0.3) is 0 Å². The van der Waals surface area contributed by atoms with E-state index >= 15 is 0 Å². The molecule has 148 valence electrons. The average Bonchev–Trinajstić information content (AvgIpc) is 3.00. The van der Waals surface area contributed by atoms with Gasteiger partial charge >= 0.3 is 0 Å². The fourth-order valence-electron chi connectivity index (χ4n) is 2.92. The molecule has 0 saturated carbocycles. The second kappa shape index (κ2) is 8.35. The van der Waals surface area contributed by atoms with Crippen LogP contribution in [0.4, 0.5) is 10.2 Å². The zero-order valence-electron chi connectivity index (χ0n) is 16.5. The molecule has 0 spiro atoms. The minimum Gasteiger partial charge on any atom is -0.494 e. The fourth-order valence-corrected chi connectivity index (χ4v) is 2.92. The fraction of sp³-hybridized carbons (Fsp3) is 0.350. The van der Waals surface area contributed by atoms with Crippen LogP contribution >= 0.6 is 0 Å². The summed E-state index contributed by atoms with van der Waals surface area (Å²) < 4.78 is 25.5. The molecule has 28 heavy (non-hydrogen) atoms. The predicted octanol–water partition coefficient (Wildman–Crippen LogP) is 3.43. The molecule has 0 atom stereocenters. The Hall–Kier alpha value is -3.00. The summed E-state index contributed by atoms with van der Waals surface area (Å²) in [6.07, 6.45) is 0.841. The van der Waals surface area contributed by atoms with Crippen LogP contribution in [0.15, 0.2) is 22.7 Å². The molecule has 0 aliphatic heterocycles. The molecule has 3 aromatic rings. The van der Waals surface area contributed by atoms with Crippen molar-refractivity contribution in [2.45, 2.75) is 27.2 Å². The SMILES string of the molecule is CNCCCOc1ccc(F)c(-c2nc(N)c(C)c(-c3c(C)noc3C)n2)c1. The van der Waals surface area contributed by atoms with E-state index in [4.69, 9.17) is 15.0 Å². The highest BCUT2D eigenvalue weighted by atomic mass is 19.1. The molecule has 3 N–H and O–H groups in total. The topological polar surface area (TPSA) is 99.1 Å². The molecular weight excluding hydrogens is 361 g/mol. The first-order valence-electron chi connectivity index (χ1n) is 9.07. The molecule has 2 aromatic heterocycles. The third-order valence-corrected chi connectivity index (χ3v) is 4.47. The zero-order valence-corrected chi connectivity index (χ0v) is 16.5. The zero-order chi connectivity index (χ0) is 20.3. The standard InChI is InChI=1S/C20H24FN5O2/c1-11-18(17-12(2)26-28-13(17)3)24-20(25-19(11)22)15-10-14(6-7-16(15)21)27-9-5-8-23-4/h6-7,10,23H,5,8-9H2,1-4H3,(H2,22,24,25). The minimum absolute atomic E-state index is 0.191. The lowest BCUT2D eigenvalue weighted by molar-refractivity contribution is 0.309. The third-order valence-electron chi connectivity index (χ3n) is 4.47. The molecule has 8 heteroatoms. The first-order valence-corrected chi connectivity index (χ1v) is 9.07. The van der Waals surface area contributed by atoms with Crippen LogP contribution in [0, 0.1) is 26.6 Å². The lowest BCUT2D eigenvalue weighted by atomic mass is 10.0. The Morgan fingerprint density at radius 1 is 1.21 bits per heavy atom. The largest absolute Gasteiger partial charge is 0.494 e. The molecule has 0 amide bonds. The van der Waals surface area contributed by atoms with Gasteiger partial charge in [-0.15, -0.1) is 0 Å². The number of nitrogens with two attached hydrogens (primary N) is 1. The van der Waals surface area contributed by atoms with Crippen LogP contribution < -0.4 is 15.8 Å². The van der Waals surface area contributed by atoms with E-state index in [1.165, 1.54) is 6.07 Å². The number of rotatable bonds is 7. The molecule has 0 radical (unpaired) electrons. The number of nitrogen functional groups attached to an aromatic ring is 1. The van der Waals surface area contributed by atoms with Crippen LogP contribution in [0.2, 0.25) is 0 Å². The number of anilines is 1. The highest BCUT2D eigenvalue weighted by molar-refractivity contribution is 5.74. The quantitative estimate of drug-likeness (QED) is 0.601. The predicted molar refractivity (Wildman–Crippen MR) is 106 cm³/mol. The maximum Gasteiger partial charge on any atom is 0.165 e. The smallest absolute Gasteiger partial charge is 0.165 e. The van der Waals surface area contributed by atoms with Crippen LogP contribution in [-0.4, -0.2) is 35.3 Å². The summed E-state index contributed by atoms with van der Waals surface area (Å²) in [7, 11) is 1.88. The summed E-state index contributed by atoms with van der Waals surface area (Å²) in [5.41, 5.74) is 9.04.